The Morgan fingerprint density at radius 1 is 1.17 bits per heavy atom. The smallest absolute Gasteiger partial charge is 0.224 e. The van der Waals surface area contributed by atoms with Crippen LogP contribution in [-0.4, -0.2) is 12.5 Å². The standard InChI is InChI=1S/C13H18F2N2O/c14-10-6-7-12(11(15)9-10)17-13(18)5-3-1-2-4-8-16/h6-7,9H,1-5,8,16H2,(H,17,18). The Bertz CT molecular complexity index is 397. The van der Waals surface area contributed by atoms with E-state index in [9.17, 15) is 13.6 Å². The minimum Gasteiger partial charge on any atom is -0.330 e. The lowest BCUT2D eigenvalue weighted by molar-refractivity contribution is -0.116. The maximum atomic E-state index is 13.2. The molecule has 5 heteroatoms. The summed E-state index contributed by atoms with van der Waals surface area (Å²) in [6.45, 7) is 0.660. The zero-order valence-corrected chi connectivity index (χ0v) is 10.2. The van der Waals surface area contributed by atoms with E-state index >= 15 is 0 Å². The highest BCUT2D eigenvalue weighted by molar-refractivity contribution is 5.90. The Morgan fingerprint density at radius 3 is 2.56 bits per heavy atom. The highest BCUT2D eigenvalue weighted by atomic mass is 19.1. The quantitative estimate of drug-likeness (QED) is 0.737. The predicted octanol–water partition coefficient (Wildman–Crippen LogP) is 2.81. The molecule has 18 heavy (non-hydrogen) atoms. The van der Waals surface area contributed by atoms with Crippen LogP contribution in [0.2, 0.25) is 0 Å². The highest BCUT2D eigenvalue weighted by Crippen LogP contribution is 2.15. The van der Waals surface area contributed by atoms with Crippen LogP contribution in [-0.2, 0) is 4.79 Å². The topological polar surface area (TPSA) is 55.1 Å². The van der Waals surface area contributed by atoms with E-state index in [2.05, 4.69) is 5.32 Å². The summed E-state index contributed by atoms with van der Waals surface area (Å²) in [7, 11) is 0. The van der Waals surface area contributed by atoms with Crippen LogP contribution in [0, 0.1) is 11.6 Å². The van der Waals surface area contributed by atoms with Crippen molar-refractivity contribution in [1.82, 2.24) is 0 Å². The van der Waals surface area contributed by atoms with Gasteiger partial charge in [-0.3, -0.25) is 4.79 Å². The van der Waals surface area contributed by atoms with Crippen molar-refractivity contribution in [3.63, 3.8) is 0 Å². The molecule has 0 radical (unpaired) electrons. The number of unbranched alkanes of at least 4 members (excludes halogenated alkanes) is 3. The molecule has 0 aliphatic heterocycles. The summed E-state index contributed by atoms with van der Waals surface area (Å²) < 4.78 is 25.9. The van der Waals surface area contributed by atoms with Crippen molar-refractivity contribution in [2.75, 3.05) is 11.9 Å². The van der Waals surface area contributed by atoms with Gasteiger partial charge < -0.3 is 11.1 Å². The van der Waals surface area contributed by atoms with Gasteiger partial charge in [0, 0.05) is 12.5 Å². The molecule has 3 nitrogen and oxygen atoms in total. The number of carbonyl (C=O) groups is 1. The van der Waals surface area contributed by atoms with Gasteiger partial charge in [-0.1, -0.05) is 12.8 Å². The van der Waals surface area contributed by atoms with Crippen molar-refractivity contribution in [2.45, 2.75) is 32.1 Å². The number of rotatable bonds is 7. The molecule has 0 spiro atoms. The van der Waals surface area contributed by atoms with Crippen LogP contribution >= 0.6 is 0 Å². The highest BCUT2D eigenvalue weighted by Gasteiger charge is 2.07. The molecule has 0 heterocycles. The van der Waals surface area contributed by atoms with E-state index in [4.69, 9.17) is 5.73 Å². The van der Waals surface area contributed by atoms with Crippen LogP contribution in [0.3, 0.4) is 0 Å². The van der Waals surface area contributed by atoms with Crippen LogP contribution < -0.4 is 11.1 Å². The summed E-state index contributed by atoms with van der Waals surface area (Å²) >= 11 is 0. The van der Waals surface area contributed by atoms with Gasteiger partial charge in [0.2, 0.25) is 5.91 Å². The molecular formula is C13H18F2N2O. The second-order valence-electron chi connectivity index (χ2n) is 4.13. The first-order valence-corrected chi connectivity index (χ1v) is 6.08. The monoisotopic (exact) mass is 256 g/mol. The second-order valence-corrected chi connectivity index (χ2v) is 4.13. The number of amides is 1. The van der Waals surface area contributed by atoms with E-state index < -0.39 is 11.6 Å². The van der Waals surface area contributed by atoms with E-state index in [1.807, 2.05) is 0 Å². The molecule has 100 valence electrons. The molecule has 1 aromatic carbocycles. The van der Waals surface area contributed by atoms with Crippen molar-refractivity contribution in [3.8, 4) is 0 Å². The average molecular weight is 256 g/mol. The first-order valence-electron chi connectivity index (χ1n) is 6.08. The van der Waals surface area contributed by atoms with Crippen LogP contribution in [0.15, 0.2) is 18.2 Å². The van der Waals surface area contributed by atoms with Gasteiger partial charge in [-0.05, 0) is 31.5 Å². The van der Waals surface area contributed by atoms with Crippen molar-refractivity contribution >= 4 is 11.6 Å². The van der Waals surface area contributed by atoms with E-state index in [0.29, 0.717) is 13.0 Å². The van der Waals surface area contributed by atoms with Gasteiger partial charge in [-0.25, -0.2) is 8.78 Å². The number of anilines is 1. The largest absolute Gasteiger partial charge is 0.330 e. The third-order valence-corrected chi connectivity index (χ3v) is 2.56. The summed E-state index contributed by atoms with van der Waals surface area (Å²) in [5.41, 5.74) is 5.37. The Labute approximate surface area is 105 Å². The van der Waals surface area contributed by atoms with Crippen molar-refractivity contribution in [2.24, 2.45) is 5.73 Å². The van der Waals surface area contributed by atoms with Gasteiger partial charge in [0.1, 0.15) is 11.6 Å². The molecule has 1 aromatic rings. The van der Waals surface area contributed by atoms with E-state index in [0.717, 1.165) is 37.8 Å². The summed E-state index contributed by atoms with van der Waals surface area (Å²) in [5, 5.41) is 2.42. The van der Waals surface area contributed by atoms with Crippen LogP contribution in [0.5, 0.6) is 0 Å². The predicted molar refractivity (Wildman–Crippen MR) is 67.1 cm³/mol. The molecule has 0 unspecified atom stereocenters. The van der Waals surface area contributed by atoms with Gasteiger partial charge in [0.05, 0.1) is 5.69 Å². The SMILES string of the molecule is NCCCCCCC(=O)Nc1ccc(F)cc1F. The van der Waals surface area contributed by atoms with Gasteiger partial charge >= 0.3 is 0 Å². The van der Waals surface area contributed by atoms with Crippen molar-refractivity contribution in [1.29, 1.82) is 0 Å². The fourth-order valence-corrected chi connectivity index (χ4v) is 1.59. The number of halogens is 2. The molecule has 0 saturated carbocycles. The molecule has 1 rings (SSSR count). The number of hydrogen-bond donors (Lipinski definition) is 2. The Morgan fingerprint density at radius 2 is 1.89 bits per heavy atom. The minimum absolute atomic E-state index is 0.0170. The summed E-state index contributed by atoms with van der Waals surface area (Å²) in [5.74, 6) is -1.67. The molecule has 3 N–H and O–H groups in total. The first kappa shape index (κ1) is 14.6. The normalized spacial score (nSPS) is 10.4. The number of carbonyl (C=O) groups excluding carboxylic acids is 1. The summed E-state index contributed by atoms with van der Waals surface area (Å²) in [6, 6.07) is 3.08. The van der Waals surface area contributed by atoms with E-state index in [-0.39, 0.29) is 11.6 Å². The maximum Gasteiger partial charge on any atom is 0.224 e. The fourth-order valence-electron chi connectivity index (χ4n) is 1.59. The van der Waals surface area contributed by atoms with Crippen molar-refractivity contribution in [3.05, 3.63) is 29.8 Å². The summed E-state index contributed by atoms with van der Waals surface area (Å²) in [4.78, 5) is 11.5. The maximum absolute atomic E-state index is 13.2. The molecule has 0 aliphatic rings. The first-order chi connectivity index (χ1) is 8.63. The zero-order chi connectivity index (χ0) is 13.4. The van der Waals surface area contributed by atoms with Crippen molar-refractivity contribution < 1.29 is 13.6 Å². The van der Waals surface area contributed by atoms with Gasteiger partial charge in [0.15, 0.2) is 0 Å². The third-order valence-electron chi connectivity index (χ3n) is 2.56. The molecular weight excluding hydrogens is 238 g/mol. The zero-order valence-electron chi connectivity index (χ0n) is 10.2. The number of nitrogens with one attached hydrogen (secondary N) is 1. The summed E-state index contributed by atoms with van der Waals surface area (Å²) in [6.07, 6.45) is 3.95. The third kappa shape index (κ3) is 5.23. The minimum atomic E-state index is -0.758. The van der Waals surface area contributed by atoms with Gasteiger partial charge in [-0.15, -0.1) is 0 Å². The molecule has 0 aromatic heterocycles. The van der Waals surface area contributed by atoms with Gasteiger partial charge in [0.25, 0.3) is 0 Å². The molecule has 0 aliphatic carbocycles. The number of nitrogens with two attached hydrogens (primary N) is 1. The van der Waals surface area contributed by atoms with E-state index in [1.54, 1.807) is 0 Å². The van der Waals surface area contributed by atoms with E-state index in [1.165, 1.54) is 6.07 Å². The lowest BCUT2D eigenvalue weighted by Gasteiger charge is -2.06. The molecule has 0 atom stereocenters. The lowest BCUT2D eigenvalue weighted by atomic mass is 10.1. The molecule has 0 fully saturated rings. The van der Waals surface area contributed by atoms with Crippen LogP contribution in [0.1, 0.15) is 32.1 Å². The van der Waals surface area contributed by atoms with Crippen LogP contribution in [0.25, 0.3) is 0 Å². The molecule has 1 amide bonds. The molecule has 0 bridgehead atoms. The average Bonchev–Trinajstić information content (AvgIpc) is 2.32. The van der Waals surface area contributed by atoms with Crippen LogP contribution in [0.4, 0.5) is 14.5 Å². The number of hydrogen-bond acceptors (Lipinski definition) is 2. The molecule has 0 saturated heterocycles. The number of benzene rings is 1. The fraction of sp³-hybridized carbons (Fsp3) is 0.462. The Kier molecular flexibility index (Phi) is 6.28. The Balaban J connectivity index is 2.31. The van der Waals surface area contributed by atoms with Gasteiger partial charge in [-0.2, -0.15) is 0 Å². The second kappa shape index (κ2) is 7.76. The lowest BCUT2D eigenvalue weighted by Crippen LogP contribution is -2.12. The Hall–Kier alpha value is -1.49.